The van der Waals surface area contributed by atoms with Gasteiger partial charge < -0.3 is 10.1 Å². The standard InChI is InChI=1S/C10H14BrClN2O3S/c1-13-3-4-14-18(15,16)10-6-8(12)9(17-2)5-7(10)11/h5-6,13-14H,3-4H2,1-2H3. The van der Waals surface area contributed by atoms with Crippen molar-refractivity contribution in [2.75, 3.05) is 27.2 Å². The van der Waals surface area contributed by atoms with E-state index < -0.39 is 10.0 Å². The minimum Gasteiger partial charge on any atom is -0.495 e. The van der Waals surface area contributed by atoms with E-state index in [-0.39, 0.29) is 9.92 Å². The Hall–Kier alpha value is -0.340. The van der Waals surface area contributed by atoms with Crippen molar-refractivity contribution in [3.05, 3.63) is 21.6 Å². The van der Waals surface area contributed by atoms with Crippen molar-refractivity contribution in [1.82, 2.24) is 10.0 Å². The van der Waals surface area contributed by atoms with E-state index in [0.717, 1.165) is 0 Å². The summed E-state index contributed by atoms with van der Waals surface area (Å²) in [6.07, 6.45) is 0. The number of likely N-dealkylation sites (N-methyl/N-ethyl adjacent to an activating group) is 1. The highest BCUT2D eigenvalue weighted by molar-refractivity contribution is 9.10. The van der Waals surface area contributed by atoms with Crippen LogP contribution in [-0.2, 0) is 10.0 Å². The van der Waals surface area contributed by atoms with Gasteiger partial charge in [-0.1, -0.05) is 11.6 Å². The Morgan fingerprint density at radius 2 is 2.06 bits per heavy atom. The molecular formula is C10H14BrClN2O3S. The summed E-state index contributed by atoms with van der Waals surface area (Å²) in [4.78, 5) is 0.0874. The van der Waals surface area contributed by atoms with E-state index in [1.807, 2.05) is 0 Å². The number of nitrogens with one attached hydrogen (secondary N) is 2. The summed E-state index contributed by atoms with van der Waals surface area (Å²) < 4.78 is 31.9. The van der Waals surface area contributed by atoms with Gasteiger partial charge in [-0.2, -0.15) is 0 Å². The molecule has 0 amide bonds. The lowest BCUT2D eigenvalue weighted by molar-refractivity contribution is 0.414. The van der Waals surface area contributed by atoms with Crippen molar-refractivity contribution >= 4 is 37.6 Å². The zero-order chi connectivity index (χ0) is 13.8. The molecule has 18 heavy (non-hydrogen) atoms. The molecule has 0 fully saturated rings. The molecule has 0 aliphatic carbocycles. The monoisotopic (exact) mass is 356 g/mol. The van der Waals surface area contributed by atoms with Crippen molar-refractivity contribution in [3.63, 3.8) is 0 Å². The molecule has 0 saturated carbocycles. The van der Waals surface area contributed by atoms with E-state index in [2.05, 4.69) is 26.0 Å². The summed E-state index contributed by atoms with van der Waals surface area (Å²) in [5.74, 6) is 0.415. The van der Waals surface area contributed by atoms with Gasteiger partial charge in [0.05, 0.1) is 17.0 Å². The highest BCUT2D eigenvalue weighted by atomic mass is 79.9. The molecule has 0 saturated heterocycles. The molecule has 1 aromatic carbocycles. The lowest BCUT2D eigenvalue weighted by Crippen LogP contribution is -2.30. The van der Waals surface area contributed by atoms with E-state index in [4.69, 9.17) is 16.3 Å². The molecular weight excluding hydrogens is 344 g/mol. The van der Waals surface area contributed by atoms with Crippen molar-refractivity contribution in [3.8, 4) is 5.75 Å². The van der Waals surface area contributed by atoms with Gasteiger partial charge in [0.25, 0.3) is 0 Å². The van der Waals surface area contributed by atoms with Crippen molar-refractivity contribution in [2.24, 2.45) is 0 Å². The average molecular weight is 358 g/mol. The van der Waals surface area contributed by atoms with E-state index in [9.17, 15) is 8.42 Å². The molecule has 0 radical (unpaired) electrons. The summed E-state index contributed by atoms with van der Waals surface area (Å²) in [5.41, 5.74) is 0. The third kappa shape index (κ3) is 3.83. The van der Waals surface area contributed by atoms with Crippen LogP contribution in [0.3, 0.4) is 0 Å². The molecule has 0 atom stereocenters. The minimum atomic E-state index is -3.59. The van der Waals surface area contributed by atoms with Crippen LogP contribution in [0.15, 0.2) is 21.5 Å². The highest BCUT2D eigenvalue weighted by Crippen LogP contribution is 2.33. The summed E-state index contributed by atoms with van der Waals surface area (Å²) in [6, 6.07) is 2.88. The fraction of sp³-hybridized carbons (Fsp3) is 0.400. The molecule has 0 spiro atoms. The SMILES string of the molecule is CNCCNS(=O)(=O)c1cc(Cl)c(OC)cc1Br. The molecule has 102 valence electrons. The average Bonchev–Trinajstić information content (AvgIpc) is 2.31. The first kappa shape index (κ1) is 15.7. The largest absolute Gasteiger partial charge is 0.495 e. The number of ether oxygens (including phenoxy) is 1. The summed E-state index contributed by atoms with van der Waals surface area (Å²) >= 11 is 9.11. The molecule has 0 heterocycles. The molecule has 8 heteroatoms. The fourth-order valence-electron chi connectivity index (χ4n) is 1.26. The molecule has 0 aliphatic heterocycles. The van der Waals surface area contributed by atoms with Crippen LogP contribution in [0.4, 0.5) is 0 Å². The Morgan fingerprint density at radius 3 is 2.61 bits per heavy atom. The van der Waals surface area contributed by atoms with Crippen molar-refractivity contribution < 1.29 is 13.2 Å². The number of sulfonamides is 1. The summed E-state index contributed by atoms with van der Waals surface area (Å²) in [7, 11) is -0.378. The predicted octanol–water partition coefficient (Wildman–Crippen LogP) is 1.61. The molecule has 0 aromatic heterocycles. The zero-order valence-electron chi connectivity index (χ0n) is 9.96. The van der Waals surface area contributed by atoms with Crippen LogP contribution in [0, 0.1) is 0 Å². The Labute approximate surface area is 120 Å². The molecule has 1 rings (SSSR count). The molecule has 0 bridgehead atoms. The number of halogens is 2. The maximum atomic E-state index is 12.0. The fourth-order valence-corrected chi connectivity index (χ4v) is 3.64. The van der Waals surface area contributed by atoms with Gasteiger partial charge in [0, 0.05) is 17.6 Å². The molecule has 1 aromatic rings. The van der Waals surface area contributed by atoms with Crippen molar-refractivity contribution in [2.45, 2.75) is 4.90 Å². The van der Waals surface area contributed by atoms with Gasteiger partial charge in [-0.05, 0) is 35.1 Å². The van der Waals surface area contributed by atoms with Crippen molar-refractivity contribution in [1.29, 1.82) is 0 Å². The van der Waals surface area contributed by atoms with Gasteiger partial charge in [0.1, 0.15) is 5.75 Å². The first-order valence-corrected chi connectivity index (χ1v) is 7.75. The lowest BCUT2D eigenvalue weighted by Gasteiger charge is -2.11. The Bertz CT molecular complexity index is 522. The lowest BCUT2D eigenvalue weighted by atomic mass is 10.3. The van der Waals surface area contributed by atoms with E-state index in [0.29, 0.717) is 23.3 Å². The number of hydrogen-bond acceptors (Lipinski definition) is 4. The molecule has 5 nitrogen and oxygen atoms in total. The van der Waals surface area contributed by atoms with Gasteiger partial charge >= 0.3 is 0 Å². The Kier molecular flexibility index (Phi) is 5.87. The Morgan fingerprint density at radius 1 is 1.39 bits per heavy atom. The van der Waals surface area contributed by atoms with E-state index >= 15 is 0 Å². The third-order valence-corrected chi connectivity index (χ3v) is 4.88. The topological polar surface area (TPSA) is 67.4 Å². The predicted molar refractivity (Wildman–Crippen MR) is 74.8 cm³/mol. The second-order valence-electron chi connectivity index (χ2n) is 3.42. The van der Waals surface area contributed by atoms with Gasteiger partial charge in [-0.15, -0.1) is 0 Å². The summed E-state index contributed by atoms with van der Waals surface area (Å²) in [5, 5.41) is 3.10. The van der Waals surface area contributed by atoms with Gasteiger partial charge in [-0.3, -0.25) is 0 Å². The number of rotatable bonds is 6. The number of methoxy groups -OCH3 is 1. The smallest absolute Gasteiger partial charge is 0.241 e. The second-order valence-corrected chi connectivity index (χ2v) is 6.42. The second kappa shape index (κ2) is 6.72. The maximum Gasteiger partial charge on any atom is 0.241 e. The van der Waals surface area contributed by atoms with Crippen LogP contribution < -0.4 is 14.8 Å². The normalized spacial score (nSPS) is 11.6. The van der Waals surface area contributed by atoms with Crippen LogP contribution in [0.2, 0.25) is 5.02 Å². The first-order valence-electron chi connectivity index (χ1n) is 5.09. The Balaban J connectivity index is 3.05. The van der Waals surface area contributed by atoms with Gasteiger partial charge in [-0.25, -0.2) is 13.1 Å². The number of benzene rings is 1. The van der Waals surface area contributed by atoms with Crippen LogP contribution in [0.1, 0.15) is 0 Å². The van der Waals surface area contributed by atoms with Crippen LogP contribution in [-0.4, -0.2) is 35.7 Å². The number of hydrogen-bond donors (Lipinski definition) is 2. The first-order chi connectivity index (χ1) is 8.42. The van der Waals surface area contributed by atoms with Gasteiger partial charge in [0.15, 0.2) is 0 Å². The van der Waals surface area contributed by atoms with Gasteiger partial charge in [0.2, 0.25) is 10.0 Å². The molecule has 2 N–H and O–H groups in total. The molecule has 0 unspecified atom stereocenters. The summed E-state index contributed by atoms with van der Waals surface area (Å²) in [6.45, 7) is 0.843. The quantitative estimate of drug-likeness (QED) is 0.759. The van der Waals surface area contributed by atoms with Crippen LogP contribution in [0.25, 0.3) is 0 Å². The van der Waals surface area contributed by atoms with Crippen LogP contribution in [0.5, 0.6) is 5.75 Å². The van der Waals surface area contributed by atoms with Crippen LogP contribution >= 0.6 is 27.5 Å². The van der Waals surface area contributed by atoms with E-state index in [1.165, 1.54) is 19.2 Å². The zero-order valence-corrected chi connectivity index (χ0v) is 13.1. The minimum absolute atomic E-state index is 0.0874. The highest BCUT2D eigenvalue weighted by Gasteiger charge is 2.19. The molecule has 0 aliphatic rings. The third-order valence-electron chi connectivity index (χ3n) is 2.16. The van der Waals surface area contributed by atoms with E-state index in [1.54, 1.807) is 7.05 Å². The maximum absolute atomic E-state index is 12.0.